The Balaban J connectivity index is 1.20. The summed E-state index contributed by atoms with van der Waals surface area (Å²) in [5, 5.41) is 5.76. The van der Waals surface area contributed by atoms with Crippen LogP contribution in [-0.4, -0.2) is 19.6 Å². The van der Waals surface area contributed by atoms with Gasteiger partial charge in [-0.2, -0.15) is 0 Å². The number of aromatic nitrogens is 3. The molecule has 0 spiro atoms. The monoisotopic (exact) mass is 585 g/mol. The average Bonchev–Trinajstić information content (AvgIpc) is 3.78. The van der Waals surface area contributed by atoms with E-state index in [1.807, 2.05) is 23.1 Å². The largest absolute Gasteiger partial charge is 0.291 e. The van der Waals surface area contributed by atoms with Crippen LogP contribution in [0.5, 0.6) is 0 Å². The first-order chi connectivity index (χ1) is 21.3. The van der Waals surface area contributed by atoms with Gasteiger partial charge in [-0.1, -0.05) is 72.9 Å². The summed E-state index contributed by atoms with van der Waals surface area (Å²) in [5.41, 5.74) is 10.6. The van der Waals surface area contributed by atoms with E-state index < -0.39 is 0 Å². The van der Waals surface area contributed by atoms with E-state index in [1.165, 1.54) is 63.7 Å². The first-order valence-corrected chi connectivity index (χ1v) is 16.6. The molecule has 202 valence electrons. The number of benzene rings is 4. The van der Waals surface area contributed by atoms with E-state index in [-0.39, 0.29) is 0 Å². The zero-order valence-electron chi connectivity index (χ0n) is 23.0. The van der Waals surface area contributed by atoms with E-state index >= 15 is 0 Å². The number of hydrogen-bond acceptors (Lipinski definition) is 4. The molecule has 5 heterocycles. The Morgan fingerprint density at radius 1 is 0.791 bits per heavy atom. The topological polar surface area (TPSA) is 30.2 Å². The quantitative estimate of drug-likeness (QED) is 0.192. The van der Waals surface area contributed by atoms with Crippen molar-refractivity contribution in [3.05, 3.63) is 125 Å². The molecule has 0 saturated heterocycles. The number of hydrogen-bond donors (Lipinski definition) is 0. The zero-order chi connectivity index (χ0) is 27.8. The molecule has 3 atom stereocenters. The highest BCUT2D eigenvalue weighted by atomic mass is 32.2. The summed E-state index contributed by atoms with van der Waals surface area (Å²) >= 11 is 3.95. The first kappa shape index (κ1) is 23.1. The maximum absolute atomic E-state index is 5.22. The Labute approximate surface area is 255 Å². The van der Waals surface area contributed by atoms with Gasteiger partial charge in [-0.3, -0.25) is 4.40 Å². The van der Waals surface area contributed by atoms with Crippen molar-refractivity contribution in [1.82, 2.24) is 14.4 Å². The lowest BCUT2D eigenvalue weighted by Gasteiger charge is -2.18. The molecule has 0 amide bonds. The highest BCUT2D eigenvalue weighted by Gasteiger charge is 2.36. The third-order valence-electron chi connectivity index (χ3n) is 9.80. The molecular formula is C38H23N3S2. The summed E-state index contributed by atoms with van der Waals surface area (Å²) in [4.78, 5) is 13.3. The van der Waals surface area contributed by atoms with Crippen molar-refractivity contribution >= 4 is 88.7 Å². The minimum atomic E-state index is 0.359. The van der Waals surface area contributed by atoms with Crippen molar-refractivity contribution in [2.75, 3.05) is 0 Å². The summed E-state index contributed by atoms with van der Waals surface area (Å²) in [7, 11) is 0. The van der Waals surface area contributed by atoms with Gasteiger partial charge in [-0.05, 0) is 64.9 Å². The number of thioether (sulfide) groups is 1. The Bertz CT molecular complexity index is 2600. The van der Waals surface area contributed by atoms with Gasteiger partial charge in [0.15, 0.2) is 5.65 Å². The van der Waals surface area contributed by atoms with Crippen molar-refractivity contribution in [2.45, 2.75) is 28.4 Å². The number of para-hydroxylation sites is 2. The van der Waals surface area contributed by atoms with Crippen molar-refractivity contribution in [3.63, 3.8) is 0 Å². The second-order valence-electron chi connectivity index (χ2n) is 12.0. The van der Waals surface area contributed by atoms with Crippen molar-refractivity contribution in [1.29, 1.82) is 0 Å². The van der Waals surface area contributed by atoms with Crippen LogP contribution in [0.15, 0.2) is 108 Å². The first-order valence-electron chi connectivity index (χ1n) is 14.9. The van der Waals surface area contributed by atoms with Gasteiger partial charge >= 0.3 is 0 Å². The van der Waals surface area contributed by atoms with Crippen molar-refractivity contribution < 1.29 is 0 Å². The number of rotatable bonds is 1. The average molecular weight is 586 g/mol. The summed E-state index contributed by atoms with van der Waals surface area (Å²) in [6, 6.07) is 26.7. The van der Waals surface area contributed by atoms with Crippen LogP contribution < -0.4 is 0 Å². The normalized spacial score (nSPS) is 20.8. The maximum atomic E-state index is 5.22. The molecule has 8 aromatic rings. The Morgan fingerprint density at radius 2 is 1.65 bits per heavy atom. The molecule has 0 fully saturated rings. The Morgan fingerprint density at radius 3 is 2.60 bits per heavy atom. The highest BCUT2D eigenvalue weighted by Crippen LogP contribution is 2.55. The molecule has 0 radical (unpaired) electrons. The van der Waals surface area contributed by atoms with Gasteiger partial charge in [-0.25, -0.2) is 9.97 Å². The Hall–Kier alpha value is -4.45. The fourth-order valence-corrected chi connectivity index (χ4v) is 10.5. The summed E-state index contributed by atoms with van der Waals surface area (Å²) < 4.78 is 3.79. The van der Waals surface area contributed by atoms with Gasteiger partial charge in [-0.15, -0.1) is 23.1 Å². The zero-order valence-corrected chi connectivity index (χ0v) is 24.6. The molecule has 4 aromatic heterocycles. The van der Waals surface area contributed by atoms with Crippen LogP contribution in [0.2, 0.25) is 0 Å². The number of fused-ring (bicyclic) bond motifs is 14. The van der Waals surface area contributed by atoms with Gasteiger partial charge in [0.1, 0.15) is 5.52 Å². The molecule has 0 saturated carbocycles. The molecule has 11 rings (SSSR count). The maximum Gasteiger partial charge on any atom is 0.165 e. The van der Waals surface area contributed by atoms with Crippen molar-refractivity contribution in [2.24, 2.45) is 0 Å². The Kier molecular flexibility index (Phi) is 4.36. The summed E-state index contributed by atoms with van der Waals surface area (Å²) in [5.74, 6) is 0.735. The van der Waals surface area contributed by atoms with E-state index in [2.05, 4.69) is 114 Å². The van der Waals surface area contributed by atoms with Gasteiger partial charge in [0.2, 0.25) is 0 Å². The van der Waals surface area contributed by atoms with Crippen molar-refractivity contribution in [3.8, 4) is 0 Å². The second-order valence-corrected chi connectivity index (χ2v) is 14.4. The molecular weight excluding hydrogens is 563 g/mol. The van der Waals surface area contributed by atoms with Gasteiger partial charge in [0.05, 0.1) is 22.1 Å². The number of nitrogens with zero attached hydrogens (tertiary/aromatic N) is 3. The molecule has 2 aliphatic carbocycles. The fourth-order valence-electron chi connectivity index (χ4n) is 7.89. The predicted octanol–water partition coefficient (Wildman–Crippen LogP) is 10.0. The van der Waals surface area contributed by atoms with Gasteiger partial charge in [0.25, 0.3) is 0 Å². The molecule has 0 N–H and O–H groups in total. The van der Waals surface area contributed by atoms with Crippen LogP contribution in [0.3, 0.4) is 0 Å². The third-order valence-corrected chi connectivity index (χ3v) is 12.3. The molecule has 5 heteroatoms. The van der Waals surface area contributed by atoms with E-state index in [4.69, 9.17) is 9.97 Å². The predicted molar refractivity (Wildman–Crippen MR) is 182 cm³/mol. The molecule has 43 heavy (non-hydrogen) atoms. The lowest BCUT2D eigenvalue weighted by molar-refractivity contribution is 0.844. The van der Waals surface area contributed by atoms with Gasteiger partial charge < -0.3 is 0 Å². The number of allylic oxidation sites excluding steroid dienone is 4. The van der Waals surface area contributed by atoms with E-state index in [0.717, 1.165) is 28.6 Å². The minimum Gasteiger partial charge on any atom is -0.291 e. The lowest BCUT2D eigenvalue weighted by Crippen LogP contribution is -2.07. The highest BCUT2D eigenvalue weighted by molar-refractivity contribution is 8.00. The summed E-state index contributed by atoms with van der Waals surface area (Å²) in [6.07, 6.45) is 15.0. The third kappa shape index (κ3) is 2.96. The van der Waals surface area contributed by atoms with E-state index in [1.54, 1.807) is 0 Å². The smallest absolute Gasteiger partial charge is 0.165 e. The van der Waals surface area contributed by atoms with Crippen LogP contribution >= 0.6 is 23.1 Å². The summed E-state index contributed by atoms with van der Waals surface area (Å²) in [6.45, 7) is 0. The lowest BCUT2D eigenvalue weighted by atomic mass is 9.86. The fraction of sp³-hybridized carbons (Fsp3) is 0.105. The van der Waals surface area contributed by atoms with E-state index in [0.29, 0.717) is 17.1 Å². The van der Waals surface area contributed by atoms with Crippen LogP contribution in [0, 0.1) is 0 Å². The molecule has 0 bridgehead atoms. The molecule has 1 aliphatic heterocycles. The van der Waals surface area contributed by atoms with Crippen LogP contribution in [0.25, 0.3) is 65.6 Å². The minimum absolute atomic E-state index is 0.359. The molecule has 3 aliphatic rings. The van der Waals surface area contributed by atoms with E-state index in [9.17, 15) is 0 Å². The molecule has 3 nitrogen and oxygen atoms in total. The van der Waals surface area contributed by atoms with Crippen LogP contribution in [0.4, 0.5) is 0 Å². The molecule has 4 aromatic carbocycles. The SMILES string of the molecule is C1=CC2Sc3cc4c5nc6ccccc6nc5n5c6ccc(C7C=Cc8c(sc9ccccc89)C7)cc6c(c3C2C=C1)c45. The van der Waals surface area contributed by atoms with Crippen LogP contribution in [0.1, 0.15) is 33.4 Å². The second kappa shape index (κ2) is 8.13. The molecule has 3 unspecified atom stereocenters. The van der Waals surface area contributed by atoms with Crippen LogP contribution in [-0.2, 0) is 6.42 Å². The van der Waals surface area contributed by atoms with Gasteiger partial charge in [0, 0.05) is 47.7 Å². The standard InChI is InChI=1S/C38H23N3S2/c1-5-11-30-22(7-1)23-15-13-21(18-32(23)42-30)20-14-16-29-25(17-20)35-34-24-8-2-6-12-31(24)43-33(34)19-26-36-38(41(29)37(26)35)40-28-10-4-3-9-27(28)39-36/h1-17,19,21,24,31H,18H2. The number of thiophene rings is 1.